The average Bonchev–Trinajstić information content (AvgIpc) is 2.42. The van der Waals surface area contributed by atoms with Crippen LogP contribution >= 0.6 is 0 Å². The first-order chi connectivity index (χ1) is 9.29. The molecular formula is C14H24N2O3. The van der Waals surface area contributed by atoms with E-state index in [1.54, 1.807) is 7.11 Å². The molecular weight excluding hydrogens is 244 g/mol. The van der Waals surface area contributed by atoms with E-state index in [2.05, 4.69) is 5.32 Å². The molecule has 5 nitrogen and oxygen atoms in total. The summed E-state index contributed by atoms with van der Waals surface area (Å²) in [6.45, 7) is 5.35. The van der Waals surface area contributed by atoms with Gasteiger partial charge in [-0.25, -0.2) is 0 Å². The molecule has 19 heavy (non-hydrogen) atoms. The zero-order valence-corrected chi connectivity index (χ0v) is 11.8. The van der Waals surface area contributed by atoms with Crippen LogP contribution < -0.4 is 15.8 Å². The number of hydrogen-bond donors (Lipinski definition) is 2. The highest BCUT2D eigenvalue weighted by Crippen LogP contribution is 2.29. The average molecular weight is 268 g/mol. The van der Waals surface area contributed by atoms with Gasteiger partial charge in [0.25, 0.3) is 0 Å². The van der Waals surface area contributed by atoms with E-state index >= 15 is 0 Å². The molecule has 1 aromatic carbocycles. The highest BCUT2D eigenvalue weighted by atomic mass is 16.5. The Morgan fingerprint density at radius 2 is 2.05 bits per heavy atom. The minimum atomic E-state index is 0.612. The Bertz CT molecular complexity index is 359. The molecule has 0 saturated heterocycles. The highest BCUT2D eigenvalue weighted by molar-refractivity contribution is 5.72. The van der Waals surface area contributed by atoms with Gasteiger partial charge < -0.3 is 25.3 Å². The lowest BCUT2D eigenvalue weighted by Gasteiger charge is -2.13. The number of benzene rings is 1. The normalized spacial score (nSPS) is 10.4. The maximum Gasteiger partial charge on any atom is 0.144 e. The van der Waals surface area contributed by atoms with E-state index in [4.69, 9.17) is 19.9 Å². The van der Waals surface area contributed by atoms with Crippen LogP contribution in [0.5, 0.6) is 5.75 Å². The molecule has 0 spiro atoms. The Hall–Kier alpha value is -1.46. The van der Waals surface area contributed by atoms with Gasteiger partial charge >= 0.3 is 0 Å². The molecule has 108 valence electrons. The minimum Gasteiger partial charge on any atom is -0.492 e. The van der Waals surface area contributed by atoms with Crippen LogP contribution in [-0.4, -0.2) is 40.1 Å². The molecule has 0 aliphatic carbocycles. The van der Waals surface area contributed by atoms with Gasteiger partial charge in [-0.3, -0.25) is 0 Å². The summed E-state index contributed by atoms with van der Waals surface area (Å²) < 4.78 is 15.7. The fraction of sp³-hybridized carbons (Fsp3) is 0.571. The number of para-hydroxylation sites is 1. The van der Waals surface area contributed by atoms with Gasteiger partial charge in [0.15, 0.2) is 0 Å². The molecule has 0 aliphatic heterocycles. The Morgan fingerprint density at radius 1 is 1.21 bits per heavy atom. The molecule has 3 N–H and O–H groups in total. The van der Waals surface area contributed by atoms with Crippen molar-refractivity contribution in [2.75, 3.05) is 51.1 Å². The van der Waals surface area contributed by atoms with Crippen LogP contribution in [0.2, 0.25) is 0 Å². The first-order valence-corrected chi connectivity index (χ1v) is 6.61. The number of anilines is 2. The third-order valence-corrected chi connectivity index (χ3v) is 2.58. The van der Waals surface area contributed by atoms with Gasteiger partial charge in [-0.2, -0.15) is 0 Å². The van der Waals surface area contributed by atoms with Crippen LogP contribution in [0.4, 0.5) is 11.4 Å². The minimum absolute atomic E-state index is 0.612. The summed E-state index contributed by atoms with van der Waals surface area (Å²) in [6, 6.07) is 5.75. The summed E-state index contributed by atoms with van der Waals surface area (Å²) in [5, 5.41) is 3.29. The van der Waals surface area contributed by atoms with Crippen molar-refractivity contribution in [3.8, 4) is 5.75 Å². The topological polar surface area (TPSA) is 65.7 Å². The van der Waals surface area contributed by atoms with Crippen molar-refractivity contribution in [1.82, 2.24) is 0 Å². The fourth-order valence-electron chi connectivity index (χ4n) is 1.62. The van der Waals surface area contributed by atoms with E-state index in [-0.39, 0.29) is 0 Å². The Morgan fingerprint density at radius 3 is 2.79 bits per heavy atom. The second-order valence-corrected chi connectivity index (χ2v) is 4.04. The molecule has 1 rings (SSSR count). The maximum absolute atomic E-state index is 6.01. The summed E-state index contributed by atoms with van der Waals surface area (Å²) in [4.78, 5) is 0. The molecule has 0 radical (unpaired) electrons. The first kappa shape index (κ1) is 15.6. The molecule has 0 saturated carbocycles. The summed E-state index contributed by atoms with van der Waals surface area (Å²) in [5.74, 6) is 0.726. The number of ether oxygens (including phenoxy) is 3. The van der Waals surface area contributed by atoms with Gasteiger partial charge in [0.2, 0.25) is 0 Å². The predicted octanol–water partition coefficient (Wildman–Crippen LogP) is 2.13. The third kappa shape index (κ3) is 5.81. The zero-order chi connectivity index (χ0) is 13.9. The molecule has 0 bridgehead atoms. The van der Waals surface area contributed by atoms with Gasteiger partial charge in [0.1, 0.15) is 5.75 Å². The number of nitrogens with two attached hydrogens (primary N) is 1. The van der Waals surface area contributed by atoms with Crippen molar-refractivity contribution in [2.45, 2.75) is 13.3 Å². The lowest BCUT2D eigenvalue weighted by atomic mass is 10.2. The smallest absolute Gasteiger partial charge is 0.144 e. The van der Waals surface area contributed by atoms with Crippen molar-refractivity contribution in [3.05, 3.63) is 18.2 Å². The summed E-state index contributed by atoms with van der Waals surface area (Å²) in [5.41, 5.74) is 7.58. The van der Waals surface area contributed by atoms with E-state index in [9.17, 15) is 0 Å². The van der Waals surface area contributed by atoms with Crippen molar-refractivity contribution in [2.24, 2.45) is 0 Å². The molecule has 0 amide bonds. The lowest BCUT2D eigenvalue weighted by molar-refractivity contribution is 0.0705. The van der Waals surface area contributed by atoms with Gasteiger partial charge in [-0.15, -0.1) is 0 Å². The van der Waals surface area contributed by atoms with Crippen LogP contribution in [0.15, 0.2) is 18.2 Å². The second-order valence-electron chi connectivity index (χ2n) is 4.04. The third-order valence-electron chi connectivity index (χ3n) is 2.58. The van der Waals surface area contributed by atoms with E-state index in [0.717, 1.165) is 24.4 Å². The van der Waals surface area contributed by atoms with Crippen LogP contribution in [0, 0.1) is 0 Å². The second kappa shape index (κ2) is 9.47. The maximum atomic E-state index is 6.01. The Kier molecular flexibility index (Phi) is 7.77. The van der Waals surface area contributed by atoms with E-state index < -0.39 is 0 Å². The van der Waals surface area contributed by atoms with Crippen LogP contribution in [0.3, 0.4) is 0 Å². The molecule has 0 unspecified atom stereocenters. The van der Waals surface area contributed by atoms with E-state index in [1.807, 2.05) is 25.1 Å². The summed E-state index contributed by atoms with van der Waals surface area (Å²) >= 11 is 0. The molecule has 0 aromatic heterocycles. The first-order valence-electron chi connectivity index (χ1n) is 6.61. The van der Waals surface area contributed by atoms with E-state index in [1.165, 1.54) is 0 Å². The van der Waals surface area contributed by atoms with E-state index in [0.29, 0.717) is 32.1 Å². The van der Waals surface area contributed by atoms with Gasteiger partial charge in [0, 0.05) is 20.3 Å². The van der Waals surface area contributed by atoms with Crippen molar-refractivity contribution in [3.63, 3.8) is 0 Å². The Balaban J connectivity index is 2.27. The quantitative estimate of drug-likeness (QED) is 0.502. The number of hydrogen-bond acceptors (Lipinski definition) is 5. The SMILES string of the molecule is CCOc1cccc(NCCCOCCOC)c1N. The van der Waals surface area contributed by atoms with Crippen LogP contribution in [0.1, 0.15) is 13.3 Å². The Labute approximate surface area is 115 Å². The largest absolute Gasteiger partial charge is 0.492 e. The van der Waals surface area contributed by atoms with Gasteiger partial charge in [0.05, 0.1) is 31.2 Å². The highest BCUT2D eigenvalue weighted by Gasteiger charge is 2.04. The van der Waals surface area contributed by atoms with Crippen LogP contribution in [0.25, 0.3) is 0 Å². The van der Waals surface area contributed by atoms with Crippen molar-refractivity contribution < 1.29 is 14.2 Å². The standard InChI is InChI=1S/C14H24N2O3/c1-3-19-13-7-4-6-12(14(13)15)16-8-5-9-18-11-10-17-2/h4,6-7,16H,3,5,8-11,15H2,1-2H3. The molecule has 1 aromatic rings. The van der Waals surface area contributed by atoms with Gasteiger partial charge in [-0.05, 0) is 25.5 Å². The molecule has 0 atom stereocenters. The summed E-state index contributed by atoms with van der Waals surface area (Å²) in [7, 11) is 1.67. The molecule has 0 aliphatic rings. The molecule has 0 fully saturated rings. The molecule has 5 heteroatoms. The predicted molar refractivity (Wildman–Crippen MR) is 77.8 cm³/mol. The fourth-order valence-corrected chi connectivity index (χ4v) is 1.62. The summed E-state index contributed by atoms with van der Waals surface area (Å²) in [6.07, 6.45) is 0.919. The van der Waals surface area contributed by atoms with Crippen molar-refractivity contribution in [1.29, 1.82) is 0 Å². The molecule has 0 heterocycles. The number of nitrogen functional groups attached to an aromatic ring is 1. The van der Waals surface area contributed by atoms with Crippen LogP contribution in [-0.2, 0) is 9.47 Å². The lowest BCUT2D eigenvalue weighted by Crippen LogP contribution is -2.09. The number of nitrogens with one attached hydrogen (secondary N) is 1. The van der Waals surface area contributed by atoms with Crippen molar-refractivity contribution >= 4 is 11.4 Å². The zero-order valence-electron chi connectivity index (χ0n) is 11.8. The number of rotatable bonds is 10. The monoisotopic (exact) mass is 268 g/mol. The van der Waals surface area contributed by atoms with Gasteiger partial charge in [-0.1, -0.05) is 6.07 Å². The number of methoxy groups -OCH3 is 1.